The quantitative estimate of drug-likeness (QED) is 0.268. The number of amides is 2. The van der Waals surface area contributed by atoms with E-state index in [0.717, 1.165) is 16.1 Å². The van der Waals surface area contributed by atoms with Crippen LogP contribution in [-0.4, -0.2) is 52.8 Å². The number of carbonyl (C=O) groups is 2. The van der Waals surface area contributed by atoms with Crippen LogP contribution in [0.1, 0.15) is 18.3 Å². The molecule has 0 aliphatic carbocycles. The van der Waals surface area contributed by atoms with E-state index in [4.69, 9.17) is 9.47 Å². The van der Waals surface area contributed by atoms with Gasteiger partial charge in [-0.05, 0) is 55.2 Å². The van der Waals surface area contributed by atoms with Crippen LogP contribution >= 0.6 is 23.5 Å². The molecule has 190 valence electrons. The maximum atomic E-state index is 12.4. The molecule has 0 fully saturated rings. The fraction of sp³-hybridized carbons (Fsp3) is 0.280. The molecule has 2 aromatic carbocycles. The molecule has 0 spiro atoms. The molecule has 0 saturated carbocycles. The van der Waals surface area contributed by atoms with E-state index < -0.39 is 0 Å². The first-order valence-electron chi connectivity index (χ1n) is 11.1. The molecule has 3 rings (SSSR count). The van der Waals surface area contributed by atoms with Crippen molar-refractivity contribution in [2.45, 2.75) is 30.1 Å². The third-order valence-corrected chi connectivity index (χ3v) is 6.74. The van der Waals surface area contributed by atoms with E-state index in [9.17, 15) is 9.59 Å². The monoisotopic (exact) mass is 527 g/mol. The first-order valence-corrected chi connectivity index (χ1v) is 13.3. The lowest BCUT2D eigenvalue weighted by Crippen LogP contribution is -2.22. The highest BCUT2D eigenvalue weighted by Gasteiger charge is 2.14. The second-order valence-electron chi connectivity index (χ2n) is 7.38. The normalized spacial score (nSPS) is 10.9. The van der Waals surface area contributed by atoms with Gasteiger partial charge in [-0.2, -0.15) is 0 Å². The van der Waals surface area contributed by atoms with E-state index in [0.29, 0.717) is 29.0 Å². The maximum Gasteiger partial charge on any atom is 0.244 e. The van der Waals surface area contributed by atoms with Crippen molar-refractivity contribution in [3.8, 4) is 11.5 Å². The number of hydrogen-bond acceptors (Lipinski definition) is 8. The van der Waals surface area contributed by atoms with Crippen molar-refractivity contribution < 1.29 is 19.1 Å². The summed E-state index contributed by atoms with van der Waals surface area (Å²) in [5.41, 5.74) is 1.56. The van der Waals surface area contributed by atoms with Crippen molar-refractivity contribution in [1.29, 1.82) is 0 Å². The molecular weight excluding hydrogens is 498 g/mol. The third kappa shape index (κ3) is 7.53. The summed E-state index contributed by atoms with van der Waals surface area (Å²) in [6.45, 7) is 2.78. The van der Waals surface area contributed by atoms with Gasteiger partial charge in [-0.25, -0.2) is 0 Å². The molecule has 3 aromatic rings. The van der Waals surface area contributed by atoms with Crippen LogP contribution in [0.2, 0.25) is 0 Å². The summed E-state index contributed by atoms with van der Waals surface area (Å²) in [6, 6.07) is 13.1. The standard InChI is InChI=1S/C25H29N5O4S2/c1-5-30-22(15-26-23(31)12-10-17-9-11-20(33-2)21(13-17)34-3)28-29-25(30)36-16-24(32)27-18-7-6-8-19(14-18)35-4/h6-14H,5,15-16H2,1-4H3,(H,26,31)(H,27,32)/b12-10+. The van der Waals surface area contributed by atoms with Gasteiger partial charge in [-0.15, -0.1) is 22.0 Å². The Hall–Kier alpha value is -3.44. The first kappa shape index (κ1) is 27.2. The Kier molecular flexibility index (Phi) is 10.3. The van der Waals surface area contributed by atoms with Gasteiger partial charge < -0.3 is 24.7 Å². The van der Waals surface area contributed by atoms with Crippen LogP contribution in [0.15, 0.2) is 58.6 Å². The zero-order valence-electron chi connectivity index (χ0n) is 20.6. The van der Waals surface area contributed by atoms with Gasteiger partial charge in [0.15, 0.2) is 22.5 Å². The maximum absolute atomic E-state index is 12.4. The minimum absolute atomic E-state index is 0.126. The van der Waals surface area contributed by atoms with Crippen molar-refractivity contribution in [3.05, 3.63) is 59.9 Å². The zero-order valence-corrected chi connectivity index (χ0v) is 22.2. The van der Waals surface area contributed by atoms with Crippen LogP contribution in [-0.2, 0) is 22.7 Å². The first-order chi connectivity index (χ1) is 17.5. The molecule has 1 heterocycles. The molecule has 0 aliphatic heterocycles. The van der Waals surface area contributed by atoms with E-state index >= 15 is 0 Å². The Bertz CT molecular complexity index is 1230. The second-order valence-corrected chi connectivity index (χ2v) is 9.20. The van der Waals surface area contributed by atoms with Crippen molar-refractivity contribution in [1.82, 2.24) is 20.1 Å². The highest BCUT2D eigenvalue weighted by atomic mass is 32.2. The zero-order chi connectivity index (χ0) is 25.9. The molecule has 1 aromatic heterocycles. The molecule has 11 heteroatoms. The molecule has 9 nitrogen and oxygen atoms in total. The third-order valence-electron chi connectivity index (χ3n) is 5.05. The number of hydrogen-bond donors (Lipinski definition) is 2. The molecule has 36 heavy (non-hydrogen) atoms. The highest BCUT2D eigenvalue weighted by Crippen LogP contribution is 2.28. The number of carbonyl (C=O) groups excluding carboxylic acids is 2. The fourth-order valence-corrected chi connectivity index (χ4v) is 4.54. The molecule has 0 bridgehead atoms. The van der Waals surface area contributed by atoms with Crippen molar-refractivity contribution in [2.75, 3.05) is 31.5 Å². The van der Waals surface area contributed by atoms with E-state index in [-0.39, 0.29) is 24.1 Å². The van der Waals surface area contributed by atoms with Gasteiger partial charge >= 0.3 is 0 Å². The van der Waals surface area contributed by atoms with Gasteiger partial charge in [0.05, 0.1) is 26.5 Å². The van der Waals surface area contributed by atoms with E-state index in [1.54, 1.807) is 44.2 Å². The fourth-order valence-electron chi connectivity index (χ4n) is 3.26. The lowest BCUT2D eigenvalue weighted by atomic mass is 10.2. The van der Waals surface area contributed by atoms with Crippen LogP contribution in [0.5, 0.6) is 11.5 Å². The van der Waals surface area contributed by atoms with Crippen LogP contribution in [0, 0.1) is 0 Å². The molecule has 2 N–H and O–H groups in total. The minimum Gasteiger partial charge on any atom is -0.493 e. The lowest BCUT2D eigenvalue weighted by molar-refractivity contribution is -0.116. The Balaban J connectivity index is 1.53. The van der Waals surface area contributed by atoms with Gasteiger partial charge in [-0.1, -0.05) is 23.9 Å². The summed E-state index contributed by atoms with van der Waals surface area (Å²) in [5, 5.41) is 14.7. The molecule has 0 saturated heterocycles. The minimum atomic E-state index is -0.267. The summed E-state index contributed by atoms with van der Waals surface area (Å²) in [6.07, 6.45) is 5.12. The Morgan fingerprint density at radius 2 is 1.89 bits per heavy atom. The summed E-state index contributed by atoms with van der Waals surface area (Å²) < 4.78 is 12.4. The number of ether oxygens (including phenoxy) is 2. The predicted molar refractivity (Wildman–Crippen MR) is 144 cm³/mol. The van der Waals surface area contributed by atoms with Crippen molar-refractivity contribution >= 4 is 47.1 Å². The predicted octanol–water partition coefficient (Wildman–Crippen LogP) is 4.10. The number of aromatic nitrogens is 3. The average molecular weight is 528 g/mol. The van der Waals surface area contributed by atoms with E-state index in [2.05, 4.69) is 20.8 Å². The van der Waals surface area contributed by atoms with Crippen LogP contribution < -0.4 is 20.1 Å². The number of thioether (sulfide) groups is 2. The summed E-state index contributed by atoms with van der Waals surface area (Å²) in [4.78, 5) is 25.8. The Morgan fingerprint density at radius 3 is 2.61 bits per heavy atom. The lowest BCUT2D eigenvalue weighted by Gasteiger charge is -2.09. The molecule has 0 unspecified atom stereocenters. The topological polar surface area (TPSA) is 107 Å². The molecular formula is C25H29N5O4S2. The van der Waals surface area contributed by atoms with Crippen molar-refractivity contribution in [3.63, 3.8) is 0 Å². The smallest absolute Gasteiger partial charge is 0.244 e. The molecule has 0 atom stereocenters. The van der Waals surface area contributed by atoms with E-state index in [1.165, 1.54) is 17.8 Å². The van der Waals surface area contributed by atoms with Crippen molar-refractivity contribution in [2.24, 2.45) is 0 Å². The number of nitrogens with one attached hydrogen (secondary N) is 2. The average Bonchev–Trinajstić information content (AvgIpc) is 3.31. The number of rotatable bonds is 12. The SMILES string of the molecule is CCn1c(CNC(=O)/C=C/c2ccc(OC)c(OC)c2)nnc1SCC(=O)Nc1cccc(SC)c1. The van der Waals surface area contributed by atoms with Crippen LogP contribution in [0.25, 0.3) is 6.08 Å². The Morgan fingerprint density at radius 1 is 1.08 bits per heavy atom. The van der Waals surface area contributed by atoms with Gasteiger partial charge in [0, 0.05) is 23.2 Å². The van der Waals surface area contributed by atoms with E-state index in [1.807, 2.05) is 48.1 Å². The summed E-state index contributed by atoms with van der Waals surface area (Å²) in [5.74, 6) is 1.62. The highest BCUT2D eigenvalue weighted by molar-refractivity contribution is 7.99. The van der Waals surface area contributed by atoms with Crippen LogP contribution in [0.3, 0.4) is 0 Å². The molecule has 0 aliphatic rings. The largest absolute Gasteiger partial charge is 0.493 e. The second kappa shape index (κ2) is 13.6. The van der Waals surface area contributed by atoms with Crippen LogP contribution in [0.4, 0.5) is 5.69 Å². The number of methoxy groups -OCH3 is 2. The Labute approximate surface area is 219 Å². The van der Waals surface area contributed by atoms with Gasteiger partial charge in [0.1, 0.15) is 0 Å². The van der Waals surface area contributed by atoms with Gasteiger partial charge in [-0.3, -0.25) is 9.59 Å². The number of benzene rings is 2. The summed E-state index contributed by atoms with van der Waals surface area (Å²) >= 11 is 2.92. The van der Waals surface area contributed by atoms with Gasteiger partial charge in [0.25, 0.3) is 0 Å². The molecule has 2 amide bonds. The number of anilines is 1. The molecule has 0 radical (unpaired) electrons. The summed E-state index contributed by atoms with van der Waals surface area (Å²) in [7, 11) is 3.13. The number of nitrogens with zero attached hydrogens (tertiary/aromatic N) is 3. The van der Waals surface area contributed by atoms with Gasteiger partial charge in [0.2, 0.25) is 11.8 Å².